The second-order valence-electron chi connectivity index (χ2n) is 9.88. The molecule has 0 bridgehead atoms. The highest BCUT2D eigenvalue weighted by molar-refractivity contribution is 14.1. The molecule has 0 aliphatic carbocycles. The smallest absolute Gasteiger partial charge is 0.408 e. The van der Waals surface area contributed by atoms with Crippen LogP contribution >= 0.6 is 34.2 Å². The van der Waals surface area contributed by atoms with Crippen LogP contribution in [0.2, 0.25) is 0 Å². The maximum atomic E-state index is 11.6. The van der Waals surface area contributed by atoms with Crippen LogP contribution in [-0.2, 0) is 28.5 Å². The molecule has 0 heterocycles. The summed E-state index contributed by atoms with van der Waals surface area (Å²) in [6, 6.07) is -1.68. The zero-order chi connectivity index (χ0) is 27.3. The second-order valence-corrected chi connectivity index (χ2v) is 10.7. The van der Waals surface area contributed by atoms with E-state index in [2.05, 4.69) is 15.4 Å². The lowest BCUT2D eigenvalue weighted by Crippen LogP contribution is -2.47. The first-order valence-electron chi connectivity index (χ1n) is 10.8. The van der Waals surface area contributed by atoms with Gasteiger partial charge in [-0.3, -0.25) is 0 Å². The summed E-state index contributed by atoms with van der Waals surface area (Å²) in [7, 11) is 0. The number of esters is 2. The summed E-state index contributed by atoms with van der Waals surface area (Å²) in [6.45, 7) is 17.8. The van der Waals surface area contributed by atoms with E-state index in [1.807, 2.05) is 36.4 Å². The van der Waals surface area contributed by atoms with Crippen LogP contribution in [0.25, 0.3) is 0 Å². The van der Waals surface area contributed by atoms with Crippen LogP contribution in [0.15, 0.2) is 0 Å². The summed E-state index contributed by atoms with van der Waals surface area (Å²) in [5.41, 5.74) is -1.19. The monoisotopic (exact) mass is 622 g/mol. The molecule has 12 heteroatoms. The van der Waals surface area contributed by atoms with Gasteiger partial charge in [0.15, 0.2) is 6.07 Å². The van der Waals surface area contributed by atoms with Crippen molar-refractivity contribution in [3.05, 3.63) is 0 Å². The highest BCUT2D eigenvalue weighted by atomic mass is 127. The van der Waals surface area contributed by atoms with Gasteiger partial charge in [-0.15, -0.1) is 0 Å². The number of alkyl carbamates (subject to hydrolysis) is 2. The molecule has 0 aromatic rings. The number of hydrogen-bond acceptors (Lipinski definition) is 8. The van der Waals surface area contributed by atoms with E-state index in [0.717, 1.165) is 0 Å². The Morgan fingerprint density at radius 1 is 0.735 bits per heavy atom. The van der Waals surface area contributed by atoms with Gasteiger partial charge in [0.1, 0.15) is 27.9 Å². The molecular formula is C22H40ClIN2O8. The average molecular weight is 623 g/mol. The molecule has 2 N–H and O–H groups in total. The molecule has 0 radical (unpaired) electrons. The molecule has 2 atom stereocenters. The van der Waals surface area contributed by atoms with Gasteiger partial charge in [0.05, 0.1) is 0 Å². The Hall–Kier alpha value is -1.50. The van der Waals surface area contributed by atoms with Crippen LogP contribution in [0.5, 0.6) is 0 Å². The van der Waals surface area contributed by atoms with Crippen LogP contribution in [0.4, 0.5) is 9.59 Å². The van der Waals surface area contributed by atoms with E-state index >= 15 is 0 Å². The second kappa shape index (κ2) is 16.2. The molecule has 0 aliphatic heterocycles. The lowest BCUT2D eigenvalue weighted by atomic mass is 10.1. The van der Waals surface area contributed by atoms with Gasteiger partial charge in [-0.2, -0.15) is 0 Å². The van der Waals surface area contributed by atoms with E-state index in [4.69, 9.17) is 25.8 Å². The molecule has 0 aromatic carbocycles. The number of carbonyl (C=O) groups excluding carboxylic acids is 4. The minimum absolute atomic E-state index is 0.0574. The molecule has 2 amide bonds. The number of rotatable bonds is 8. The van der Waals surface area contributed by atoms with Crippen molar-refractivity contribution in [3.63, 3.8) is 0 Å². The van der Waals surface area contributed by atoms with Gasteiger partial charge < -0.3 is 29.6 Å². The third-order valence-electron chi connectivity index (χ3n) is 3.58. The molecular weight excluding hydrogens is 583 g/mol. The topological polar surface area (TPSA) is 129 Å². The van der Waals surface area contributed by atoms with E-state index in [1.165, 1.54) is 0 Å². The van der Waals surface area contributed by atoms with E-state index in [9.17, 15) is 19.2 Å². The minimum Gasteiger partial charge on any atom is -0.453 e. The number of hydrogen-bond donors (Lipinski definition) is 2. The third-order valence-corrected chi connectivity index (χ3v) is 4.00. The molecule has 0 unspecified atom stereocenters. The first kappa shape index (κ1) is 34.7. The molecule has 0 spiro atoms. The lowest BCUT2D eigenvalue weighted by Gasteiger charge is -2.24. The quantitative estimate of drug-likeness (QED) is 0.172. The highest BCUT2D eigenvalue weighted by Crippen LogP contribution is 2.11. The van der Waals surface area contributed by atoms with Gasteiger partial charge in [-0.05, 0) is 76.0 Å². The highest BCUT2D eigenvalue weighted by Gasteiger charge is 2.29. The SMILES string of the molecule is CC(C)[C@H](NC(=O)OC(C)(C)C)C(=O)OCCl.CC(C)[C@H](NC(=O)OC(C)(C)C)C(=O)OCI. The Morgan fingerprint density at radius 3 is 1.29 bits per heavy atom. The fourth-order valence-corrected chi connectivity index (χ4v) is 2.57. The molecule has 0 saturated heterocycles. The predicted octanol–water partition coefficient (Wildman–Crippen LogP) is 4.75. The van der Waals surface area contributed by atoms with Gasteiger partial charge in [0.2, 0.25) is 0 Å². The molecule has 0 rings (SSSR count). The van der Waals surface area contributed by atoms with Crippen LogP contribution in [-0.4, -0.2) is 58.1 Å². The van der Waals surface area contributed by atoms with Gasteiger partial charge in [-0.25, -0.2) is 19.2 Å². The number of amides is 2. The normalized spacial score (nSPS) is 13.1. The maximum Gasteiger partial charge on any atom is 0.408 e. The summed E-state index contributed by atoms with van der Waals surface area (Å²) in [5.74, 6) is -1.18. The first-order valence-corrected chi connectivity index (χ1v) is 12.8. The zero-order valence-electron chi connectivity index (χ0n) is 21.7. The predicted molar refractivity (Wildman–Crippen MR) is 138 cm³/mol. The average Bonchev–Trinajstić information content (AvgIpc) is 2.61. The van der Waals surface area contributed by atoms with Crippen molar-refractivity contribution >= 4 is 58.3 Å². The number of ether oxygens (including phenoxy) is 4. The summed E-state index contributed by atoms with van der Waals surface area (Å²) < 4.78 is 19.9. The summed E-state index contributed by atoms with van der Waals surface area (Å²) in [4.78, 5) is 46.1. The van der Waals surface area contributed by atoms with Crippen LogP contribution in [0, 0.1) is 11.8 Å². The lowest BCUT2D eigenvalue weighted by molar-refractivity contribution is -0.145. The van der Waals surface area contributed by atoms with Crippen molar-refractivity contribution in [1.82, 2.24) is 10.6 Å². The van der Waals surface area contributed by atoms with E-state index in [1.54, 1.807) is 55.4 Å². The minimum atomic E-state index is -0.761. The molecule has 0 saturated carbocycles. The van der Waals surface area contributed by atoms with Gasteiger partial charge in [-0.1, -0.05) is 39.3 Å². The van der Waals surface area contributed by atoms with Gasteiger partial charge in [0, 0.05) is 0 Å². The standard InChI is InChI=1S/C11H20ClNO4.C11H20INO4/c2*1-7(2)8(9(14)16-6-12)13-10(15)17-11(3,4)5/h2*7-8H,6H2,1-5H3,(H,13,15)/t2*8-/m00/s1. The molecule has 0 fully saturated rings. The van der Waals surface area contributed by atoms with E-state index in [0.29, 0.717) is 0 Å². The first-order chi connectivity index (χ1) is 15.3. The van der Waals surface area contributed by atoms with E-state index in [-0.39, 0.29) is 22.5 Å². The van der Waals surface area contributed by atoms with Crippen molar-refractivity contribution in [2.75, 3.05) is 10.7 Å². The number of carbonyl (C=O) groups is 4. The fourth-order valence-electron chi connectivity index (χ4n) is 2.15. The van der Waals surface area contributed by atoms with Crippen molar-refractivity contribution < 1.29 is 38.1 Å². The van der Waals surface area contributed by atoms with Gasteiger partial charge >= 0.3 is 24.1 Å². The summed E-state index contributed by atoms with van der Waals surface area (Å²) in [5, 5.41) is 4.98. The van der Waals surface area contributed by atoms with Crippen LogP contribution < -0.4 is 10.6 Å². The molecule has 200 valence electrons. The van der Waals surface area contributed by atoms with E-state index < -0.39 is 47.4 Å². The maximum absolute atomic E-state index is 11.6. The van der Waals surface area contributed by atoms with Crippen molar-refractivity contribution in [3.8, 4) is 0 Å². The third kappa shape index (κ3) is 17.9. The fraction of sp³-hybridized carbons (Fsp3) is 0.818. The Morgan fingerprint density at radius 2 is 1.06 bits per heavy atom. The molecule has 34 heavy (non-hydrogen) atoms. The Kier molecular flexibility index (Phi) is 16.5. The molecule has 10 nitrogen and oxygen atoms in total. The van der Waals surface area contributed by atoms with Crippen molar-refractivity contribution in [2.24, 2.45) is 11.8 Å². The van der Waals surface area contributed by atoms with Crippen molar-refractivity contribution in [1.29, 1.82) is 0 Å². The Labute approximate surface area is 221 Å². The van der Waals surface area contributed by atoms with Gasteiger partial charge in [0.25, 0.3) is 0 Å². The molecule has 0 aromatic heterocycles. The van der Waals surface area contributed by atoms with Crippen LogP contribution in [0.3, 0.4) is 0 Å². The Balaban J connectivity index is 0. The summed E-state index contributed by atoms with van der Waals surface area (Å²) in [6.07, 6.45) is -1.26. The number of alkyl halides is 2. The zero-order valence-corrected chi connectivity index (χ0v) is 24.7. The summed E-state index contributed by atoms with van der Waals surface area (Å²) >= 11 is 7.23. The number of halogens is 2. The number of nitrogens with one attached hydrogen (secondary N) is 2. The molecule has 0 aliphatic rings. The van der Waals surface area contributed by atoms with Crippen molar-refractivity contribution in [2.45, 2.75) is 92.5 Å². The Bertz CT molecular complexity index is 604. The van der Waals surface area contributed by atoms with Crippen LogP contribution in [0.1, 0.15) is 69.2 Å². The largest absolute Gasteiger partial charge is 0.453 e.